The van der Waals surface area contributed by atoms with Gasteiger partial charge in [0, 0.05) is 26.2 Å². The summed E-state index contributed by atoms with van der Waals surface area (Å²) in [4.78, 5) is 4.99. The van der Waals surface area contributed by atoms with Crippen LogP contribution in [0.1, 0.15) is 31.2 Å². The van der Waals surface area contributed by atoms with Crippen LogP contribution in [-0.4, -0.2) is 62.3 Å². The molecule has 0 atom stereocenters. The van der Waals surface area contributed by atoms with Crippen LogP contribution >= 0.6 is 0 Å². The van der Waals surface area contributed by atoms with E-state index in [0.29, 0.717) is 0 Å². The molecule has 0 amide bonds. The summed E-state index contributed by atoms with van der Waals surface area (Å²) in [5.74, 6) is 1.01. The lowest BCUT2D eigenvalue weighted by Gasteiger charge is -2.26. The SMILES string of the molecule is c1cc(CN2CCCCCC2)cc(OCCN2CCOCC2)c1. The molecular formula is C19H30N2O2. The topological polar surface area (TPSA) is 24.9 Å². The van der Waals surface area contributed by atoms with Crippen LogP contribution in [0.3, 0.4) is 0 Å². The van der Waals surface area contributed by atoms with Crippen LogP contribution in [0.25, 0.3) is 0 Å². The van der Waals surface area contributed by atoms with Crippen LogP contribution in [-0.2, 0) is 11.3 Å². The molecule has 128 valence electrons. The summed E-state index contributed by atoms with van der Waals surface area (Å²) in [7, 11) is 0. The van der Waals surface area contributed by atoms with E-state index in [1.54, 1.807) is 0 Å². The number of morpholine rings is 1. The minimum atomic E-state index is 0.757. The van der Waals surface area contributed by atoms with Gasteiger partial charge in [-0.05, 0) is 43.6 Å². The second-order valence-electron chi connectivity index (χ2n) is 6.64. The number of hydrogen-bond acceptors (Lipinski definition) is 4. The summed E-state index contributed by atoms with van der Waals surface area (Å²) in [6.07, 6.45) is 5.47. The second kappa shape index (κ2) is 9.26. The number of rotatable bonds is 6. The minimum Gasteiger partial charge on any atom is -0.492 e. The van der Waals surface area contributed by atoms with E-state index >= 15 is 0 Å². The second-order valence-corrected chi connectivity index (χ2v) is 6.64. The van der Waals surface area contributed by atoms with Crippen LogP contribution in [0.2, 0.25) is 0 Å². The van der Waals surface area contributed by atoms with E-state index in [1.165, 1.54) is 44.3 Å². The zero-order valence-electron chi connectivity index (χ0n) is 14.2. The average molecular weight is 318 g/mol. The van der Waals surface area contributed by atoms with Gasteiger partial charge >= 0.3 is 0 Å². The summed E-state index contributed by atoms with van der Waals surface area (Å²) < 4.78 is 11.3. The fourth-order valence-electron chi connectivity index (χ4n) is 3.40. The van der Waals surface area contributed by atoms with Crippen LogP contribution in [0.4, 0.5) is 0 Å². The van der Waals surface area contributed by atoms with Gasteiger partial charge in [-0.1, -0.05) is 25.0 Å². The predicted octanol–water partition coefficient (Wildman–Crippen LogP) is 2.77. The molecule has 3 rings (SSSR count). The number of hydrogen-bond donors (Lipinski definition) is 0. The Hall–Kier alpha value is -1.10. The third kappa shape index (κ3) is 5.79. The zero-order chi connectivity index (χ0) is 15.7. The highest BCUT2D eigenvalue weighted by atomic mass is 16.5. The van der Waals surface area contributed by atoms with Crippen LogP contribution in [0, 0.1) is 0 Å². The molecule has 0 radical (unpaired) electrons. The molecule has 0 saturated carbocycles. The number of ether oxygens (including phenoxy) is 2. The van der Waals surface area contributed by atoms with Crippen molar-refractivity contribution in [3.63, 3.8) is 0 Å². The van der Waals surface area contributed by atoms with Gasteiger partial charge in [0.1, 0.15) is 12.4 Å². The highest BCUT2D eigenvalue weighted by molar-refractivity contribution is 5.28. The molecule has 2 fully saturated rings. The van der Waals surface area contributed by atoms with Crippen molar-refractivity contribution in [2.45, 2.75) is 32.2 Å². The summed E-state index contributed by atoms with van der Waals surface area (Å²) in [6, 6.07) is 8.63. The molecule has 1 aromatic carbocycles. The first-order valence-electron chi connectivity index (χ1n) is 9.14. The standard InChI is InChI=1S/C19H30N2O2/c1-2-4-9-21(8-3-1)17-18-6-5-7-19(16-18)23-15-12-20-10-13-22-14-11-20/h5-7,16H,1-4,8-15,17H2. The van der Waals surface area contributed by atoms with E-state index in [4.69, 9.17) is 9.47 Å². The smallest absolute Gasteiger partial charge is 0.119 e. The van der Waals surface area contributed by atoms with Crippen LogP contribution < -0.4 is 4.74 Å². The number of likely N-dealkylation sites (tertiary alicyclic amines) is 1. The molecule has 0 aromatic heterocycles. The Morgan fingerprint density at radius 3 is 2.48 bits per heavy atom. The van der Waals surface area contributed by atoms with Crippen molar-refractivity contribution in [1.29, 1.82) is 0 Å². The first-order chi connectivity index (χ1) is 11.4. The number of nitrogens with zero attached hydrogens (tertiary/aromatic N) is 2. The molecule has 2 aliphatic heterocycles. The summed E-state index contributed by atoms with van der Waals surface area (Å²) >= 11 is 0. The van der Waals surface area contributed by atoms with Crippen LogP contribution in [0.15, 0.2) is 24.3 Å². The molecule has 2 saturated heterocycles. The average Bonchev–Trinajstić information content (AvgIpc) is 2.85. The molecule has 0 spiro atoms. The maximum Gasteiger partial charge on any atom is 0.119 e. The van der Waals surface area contributed by atoms with E-state index in [2.05, 4.69) is 34.1 Å². The molecular weight excluding hydrogens is 288 g/mol. The molecule has 0 N–H and O–H groups in total. The quantitative estimate of drug-likeness (QED) is 0.805. The normalized spacial score (nSPS) is 21.0. The van der Waals surface area contributed by atoms with Gasteiger partial charge in [0.15, 0.2) is 0 Å². The Labute approximate surface area is 140 Å². The van der Waals surface area contributed by atoms with E-state index in [-0.39, 0.29) is 0 Å². The van der Waals surface area contributed by atoms with Gasteiger partial charge in [-0.3, -0.25) is 9.80 Å². The Kier molecular flexibility index (Phi) is 6.74. The van der Waals surface area contributed by atoms with Gasteiger partial charge in [-0.2, -0.15) is 0 Å². The first-order valence-corrected chi connectivity index (χ1v) is 9.14. The van der Waals surface area contributed by atoms with Gasteiger partial charge in [-0.15, -0.1) is 0 Å². The fourth-order valence-corrected chi connectivity index (χ4v) is 3.40. The Morgan fingerprint density at radius 2 is 1.70 bits per heavy atom. The van der Waals surface area contributed by atoms with E-state index in [9.17, 15) is 0 Å². The third-order valence-electron chi connectivity index (χ3n) is 4.78. The van der Waals surface area contributed by atoms with Gasteiger partial charge in [0.05, 0.1) is 13.2 Å². The molecule has 23 heavy (non-hydrogen) atoms. The molecule has 0 unspecified atom stereocenters. The van der Waals surface area contributed by atoms with E-state index < -0.39 is 0 Å². The van der Waals surface area contributed by atoms with Gasteiger partial charge < -0.3 is 9.47 Å². The number of benzene rings is 1. The maximum atomic E-state index is 5.96. The summed E-state index contributed by atoms with van der Waals surface area (Å²) in [5.41, 5.74) is 1.37. The highest BCUT2D eigenvalue weighted by Gasteiger charge is 2.11. The lowest BCUT2D eigenvalue weighted by atomic mass is 10.2. The van der Waals surface area contributed by atoms with Crippen molar-refractivity contribution in [2.75, 3.05) is 52.5 Å². The molecule has 2 heterocycles. The van der Waals surface area contributed by atoms with Crippen molar-refractivity contribution >= 4 is 0 Å². The largest absolute Gasteiger partial charge is 0.492 e. The van der Waals surface area contributed by atoms with Crippen molar-refractivity contribution in [3.8, 4) is 5.75 Å². The van der Waals surface area contributed by atoms with Crippen molar-refractivity contribution < 1.29 is 9.47 Å². The van der Waals surface area contributed by atoms with Gasteiger partial charge in [-0.25, -0.2) is 0 Å². The zero-order valence-corrected chi connectivity index (χ0v) is 14.2. The molecule has 4 nitrogen and oxygen atoms in total. The lowest BCUT2D eigenvalue weighted by molar-refractivity contribution is 0.0322. The molecule has 1 aromatic rings. The maximum absolute atomic E-state index is 5.96. The summed E-state index contributed by atoms with van der Waals surface area (Å²) in [5, 5.41) is 0. The Balaban J connectivity index is 1.44. The molecule has 0 bridgehead atoms. The molecule has 4 heteroatoms. The van der Waals surface area contributed by atoms with E-state index in [0.717, 1.165) is 51.7 Å². The fraction of sp³-hybridized carbons (Fsp3) is 0.684. The molecule has 2 aliphatic rings. The van der Waals surface area contributed by atoms with Crippen molar-refractivity contribution in [3.05, 3.63) is 29.8 Å². The van der Waals surface area contributed by atoms with E-state index in [1.807, 2.05) is 0 Å². The first kappa shape index (κ1) is 16.7. The Morgan fingerprint density at radius 1 is 0.913 bits per heavy atom. The third-order valence-corrected chi connectivity index (χ3v) is 4.78. The van der Waals surface area contributed by atoms with Crippen LogP contribution in [0.5, 0.6) is 5.75 Å². The van der Waals surface area contributed by atoms with Gasteiger partial charge in [0.25, 0.3) is 0 Å². The molecule has 0 aliphatic carbocycles. The monoisotopic (exact) mass is 318 g/mol. The van der Waals surface area contributed by atoms with Crippen molar-refractivity contribution in [1.82, 2.24) is 9.80 Å². The van der Waals surface area contributed by atoms with Crippen molar-refractivity contribution in [2.24, 2.45) is 0 Å². The summed E-state index contributed by atoms with van der Waals surface area (Å²) in [6.45, 7) is 9.03. The van der Waals surface area contributed by atoms with Gasteiger partial charge in [0.2, 0.25) is 0 Å². The minimum absolute atomic E-state index is 0.757. The Bertz CT molecular complexity index is 452. The lowest BCUT2D eigenvalue weighted by Crippen LogP contribution is -2.38. The highest BCUT2D eigenvalue weighted by Crippen LogP contribution is 2.17. The predicted molar refractivity (Wildman–Crippen MR) is 92.9 cm³/mol.